The number of para-hydroxylation sites is 3. The first kappa shape index (κ1) is 18.1. The van der Waals surface area contributed by atoms with Gasteiger partial charge in [0.25, 0.3) is 5.91 Å². The lowest BCUT2D eigenvalue weighted by atomic mass is 10.1. The van der Waals surface area contributed by atoms with Gasteiger partial charge in [0.15, 0.2) is 0 Å². The maximum absolute atomic E-state index is 13.1. The largest absolute Gasteiger partial charge is 0.338 e. The van der Waals surface area contributed by atoms with Crippen molar-refractivity contribution < 1.29 is 4.79 Å². The van der Waals surface area contributed by atoms with Crippen LogP contribution in [0.5, 0.6) is 0 Å². The summed E-state index contributed by atoms with van der Waals surface area (Å²) in [5, 5.41) is 4.01. The zero-order chi connectivity index (χ0) is 20.7. The first-order valence-corrected chi connectivity index (χ1v) is 9.82. The van der Waals surface area contributed by atoms with Gasteiger partial charge < -0.3 is 10.3 Å². The van der Waals surface area contributed by atoms with E-state index in [0.29, 0.717) is 16.9 Å². The molecule has 2 N–H and O–H groups in total. The molecule has 30 heavy (non-hydrogen) atoms. The molecule has 2 heterocycles. The van der Waals surface area contributed by atoms with E-state index >= 15 is 0 Å². The molecule has 0 aliphatic carbocycles. The number of benzene rings is 3. The van der Waals surface area contributed by atoms with Crippen LogP contribution < -0.4 is 5.32 Å². The summed E-state index contributed by atoms with van der Waals surface area (Å²) >= 11 is 0. The molecule has 0 radical (unpaired) electrons. The Kier molecular flexibility index (Phi) is 4.29. The number of nitrogens with zero attached hydrogens (tertiary/aromatic N) is 2. The SMILES string of the molecule is Cc1ccc2nc(C)c(C(=O)Nc3ccccc3-c3nc4ccccc4[nH]3)cc2c1. The molecule has 0 aliphatic heterocycles. The fourth-order valence-electron chi connectivity index (χ4n) is 3.69. The number of rotatable bonds is 3. The number of carbonyl (C=O) groups is 1. The number of carbonyl (C=O) groups excluding carboxylic acids is 1. The van der Waals surface area contributed by atoms with Crippen molar-refractivity contribution in [3.8, 4) is 11.4 Å². The van der Waals surface area contributed by atoms with Crippen molar-refractivity contribution in [3.63, 3.8) is 0 Å². The molecule has 0 aliphatic rings. The van der Waals surface area contributed by atoms with Crippen LogP contribution in [0.2, 0.25) is 0 Å². The molecule has 1 amide bonds. The van der Waals surface area contributed by atoms with Crippen LogP contribution in [-0.2, 0) is 0 Å². The van der Waals surface area contributed by atoms with Crippen LogP contribution in [0.4, 0.5) is 5.69 Å². The van der Waals surface area contributed by atoms with E-state index in [9.17, 15) is 4.79 Å². The maximum atomic E-state index is 13.1. The van der Waals surface area contributed by atoms with E-state index in [-0.39, 0.29) is 5.91 Å². The summed E-state index contributed by atoms with van der Waals surface area (Å²) < 4.78 is 0. The van der Waals surface area contributed by atoms with E-state index in [4.69, 9.17) is 0 Å². The quantitative estimate of drug-likeness (QED) is 0.417. The third-order valence-electron chi connectivity index (χ3n) is 5.23. The molecule has 0 saturated carbocycles. The minimum Gasteiger partial charge on any atom is -0.338 e. The summed E-state index contributed by atoms with van der Waals surface area (Å²) in [5.41, 5.74) is 6.66. The van der Waals surface area contributed by atoms with Gasteiger partial charge in [0, 0.05) is 10.9 Å². The average molecular weight is 392 g/mol. The molecule has 3 aromatic carbocycles. The second kappa shape index (κ2) is 7.12. The van der Waals surface area contributed by atoms with Crippen LogP contribution in [0.25, 0.3) is 33.3 Å². The Bertz CT molecular complexity index is 1380. The number of hydrogen-bond acceptors (Lipinski definition) is 3. The Labute approximate surface area is 173 Å². The maximum Gasteiger partial charge on any atom is 0.257 e. The number of aromatic amines is 1. The van der Waals surface area contributed by atoms with Crippen molar-refractivity contribution in [1.82, 2.24) is 15.0 Å². The third kappa shape index (κ3) is 3.20. The van der Waals surface area contributed by atoms with Gasteiger partial charge in [0.2, 0.25) is 0 Å². The minimum absolute atomic E-state index is 0.188. The average Bonchev–Trinajstić information content (AvgIpc) is 3.18. The van der Waals surface area contributed by atoms with Gasteiger partial charge >= 0.3 is 0 Å². The molecule has 5 nitrogen and oxygen atoms in total. The number of aromatic nitrogens is 3. The lowest BCUT2D eigenvalue weighted by molar-refractivity contribution is 0.102. The van der Waals surface area contributed by atoms with Crippen molar-refractivity contribution in [2.45, 2.75) is 13.8 Å². The lowest BCUT2D eigenvalue weighted by Gasteiger charge is -2.12. The Morgan fingerprint density at radius 1 is 0.867 bits per heavy atom. The van der Waals surface area contributed by atoms with E-state index in [2.05, 4.69) is 20.3 Å². The summed E-state index contributed by atoms with van der Waals surface area (Å²) in [4.78, 5) is 25.8. The van der Waals surface area contributed by atoms with E-state index < -0.39 is 0 Å². The summed E-state index contributed by atoms with van der Waals surface area (Å²) in [7, 11) is 0. The monoisotopic (exact) mass is 392 g/mol. The van der Waals surface area contributed by atoms with Crippen molar-refractivity contribution >= 4 is 33.5 Å². The number of H-pyrrole nitrogens is 1. The van der Waals surface area contributed by atoms with Gasteiger partial charge in [-0.25, -0.2) is 4.98 Å². The van der Waals surface area contributed by atoms with Crippen LogP contribution in [0.1, 0.15) is 21.6 Å². The lowest BCUT2D eigenvalue weighted by Crippen LogP contribution is -2.15. The van der Waals surface area contributed by atoms with E-state index in [1.54, 1.807) is 0 Å². The zero-order valence-corrected chi connectivity index (χ0v) is 16.7. The summed E-state index contributed by atoms with van der Waals surface area (Å²) in [5.74, 6) is 0.531. The second-order valence-corrected chi connectivity index (χ2v) is 7.42. The minimum atomic E-state index is -0.188. The predicted octanol–water partition coefficient (Wildman–Crippen LogP) is 5.65. The molecule has 5 aromatic rings. The fraction of sp³-hybridized carbons (Fsp3) is 0.0800. The summed E-state index contributed by atoms with van der Waals surface area (Å²) in [6.07, 6.45) is 0. The van der Waals surface area contributed by atoms with E-state index in [1.165, 1.54) is 0 Å². The molecule has 2 aromatic heterocycles. The molecule has 146 valence electrons. The van der Waals surface area contributed by atoms with Gasteiger partial charge in [-0.3, -0.25) is 9.78 Å². The molecule has 5 rings (SSSR count). The van der Waals surface area contributed by atoms with Crippen molar-refractivity contribution in [1.29, 1.82) is 0 Å². The molecular formula is C25H20N4O. The van der Waals surface area contributed by atoms with E-state index in [0.717, 1.165) is 38.9 Å². The van der Waals surface area contributed by atoms with Crippen LogP contribution in [0, 0.1) is 13.8 Å². The van der Waals surface area contributed by atoms with Crippen molar-refractivity contribution in [3.05, 3.63) is 89.6 Å². The normalized spacial score (nSPS) is 11.1. The number of nitrogens with one attached hydrogen (secondary N) is 2. The molecular weight excluding hydrogens is 372 g/mol. The number of hydrogen-bond donors (Lipinski definition) is 2. The Hall–Kier alpha value is -3.99. The van der Waals surface area contributed by atoms with Crippen LogP contribution in [-0.4, -0.2) is 20.9 Å². The van der Waals surface area contributed by atoms with Crippen LogP contribution >= 0.6 is 0 Å². The number of aryl methyl sites for hydroxylation is 2. The Morgan fingerprint density at radius 3 is 2.53 bits per heavy atom. The molecule has 5 heteroatoms. The highest BCUT2D eigenvalue weighted by atomic mass is 16.1. The Balaban J connectivity index is 1.53. The topological polar surface area (TPSA) is 70.7 Å². The zero-order valence-electron chi connectivity index (χ0n) is 16.7. The van der Waals surface area contributed by atoms with Gasteiger partial charge in [-0.2, -0.15) is 0 Å². The molecule has 0 bridgehead atoms. The van der Waals surface area contributed by atoms with Gasteiger partial charge in [-0.15, -0.1) is 0 Å². The smallest absolute Gasteiger partial charge is 0.257 e. The highest BCUT2D eigenvalue weighted by Gasteiger charge is 2.16. The highest BCUT2D eigenvalue weighted by Crippen LogP contribution is 2.28. The molecule has 0 saturated heterocycles. The van der Waals surface area contributed by atoms with Gasteiger partial charge in [-0.05, 0) is 56.3 Å². The fourth-order valence-corrected chi connectivity index (χ4v) is 3.69. The standard InChI is InChI=1S/C25H20N4O/c1-15-11-12-20-17(13-15)14-19(16(2)26-20)25(30)29-21-8-4-3-7-18(21)24-27-22-9-5-6-10-23(22)28-24/h3-14H,1-2H3,(H,27,28)(H,29,30). The van der Waals surface area contributed by atoms with Gasteiger partial charge in [0.05, 0.1) is 33.5 Å². The number of anilines is 1. The van der Waals surface area contributed by atoms with Gasteiger partial charge in [-0.1, -0.05) is 35.9 Å². The number of fused-ring (bicyclic) bond motifs is 2. The first-order chi connectivity index (χ1) is 14.6. The van der Waals surface area contributed by atoms with Crippen LogP contribution in [0.15, 0.2) is 72.8 Å². The number of pyridine rings is 1. The first-order valence-electron chi connectivity index (χ1n) is 9.82. The molecule has 0 unspecified atom stereocenters. The Morgan fingerprint density at radius 2 is 1.67 bits per heavy atom. The van der Waals surface area contributed by atoms with Crippen molar-refractivity contribution in [2.24, 2.45) is 0 Å². The number of amides is 1. The third-order valence-corrected chi connectivity index (χ3v) is 5.23. The van der Waals surface area contributed by atoms with Gasteiger partial charge in [0.1, 0.15) is 5.82 Å². The highest BCUT2D eigenvalue weighted by molar-refractivity contribution is 6.08. The second-order valence-electron chi connectivity index (χ2n) is 7.42. The summed E-state index contributed by atoms with van der Waals surface area (Å²) in [6.45, 7) is 3.89. The predicted molar refractivity (Wildman–Crippen MR) is 121 cm³/mol. The molecule has 0 atom stereocenters. The number of imidazole rings is 1. The van der Waals surface area contributed by atoms with E-state index in [1.807, 2.05) is 86.6 Å². The molecule has 0 spiro atoms. The van der Waals surface area contributed by atoms with Crippen molar-refractivity contribution in [2.75, 3.05) is 5.32 Å². The summed E-state index contributed by atoms with van der Waals surface area (Å²) in [6, 6.07) is 23.5. The van der Waals surface area contributed by atoms with Crippen LogP contribution in [0.3, 0.4) is 0 Å². The molecule has 0 fully saturated rings.